The number of nitrogens with one attached hydrogen (secondary N) is 1. The monoisotopic (exact) mass is 291 g/mol. The van der Waals surface area contributed by atoms with E-state index in [0.29, 0.717) is 6.54 Å². The number of rotatable bonds is 3. The van der Waals surface area contributed by atoms with Gasteiger partial charge in [-0.25, -0.2) is 0 Å². The van der Waals surface area contributed by atoms with Crippen LogP contribution in [0.2, 0.25) is 0 Å². The van der Waals surface area contributed by atoms with Crippen molar-refractivity contribution >= 4 is 5.91 Å². The maximum atomic E-state index is 12.4. The highest BCUT2D eigenvalue weighted by Gasteiger charge is 2.37. The van der Waals surface area contributed by atoms with Gasteiger partial charge >= 0.3 is 0 Å². The fourth-order valence-electron chi connectivity index (χ4n) is 3.58. The smallest absolute Gasteiger partial charge is 0.225 e. The lowest BCUT2D eigenvalue weighted by Crippen LogP contribution is -2.52. The van der Waals surface area contributed by atoms with Crippen LogP contribution in [0.4, 0.5) is 0 Å². The Bertz CT molecular complexity index is 522. The summed E-state index contributed by atoms with van der Waals surface area (Å²) in [6.07, 6.45) is 7.35. The van der Waals surface area contributed by atoms with Gasteiger partial charge in [-0.2, -0.15) is 0 Å². The maximum Gasteiger partial charge on any atom is 0.225 e. The van der Waals surface area contributed by atoms with Gasteiger partial charge in [0.25, 0.3) is 0 Å². The molecule has 6 nitrogen and oxygen atoms in total. The summed E-state index contributed by atoms with van der Waals surface area (Å²) in [7, 11) is 0. The Morgan fingerprint density at radius 3 is 3.05 bits per heavy atom. The van der Waals surface area contributed by atoms with Crippen molar-refractivity contribution in [1.82, 2.24) is 20.1 Å². The molecule has 1 saturated carbocycles. The average molecular weight is 291 g/mol. The molecule has 3 N–H and O–H groups in total. The van der Waals surface area contributed by atoms with Gasteiger partial charge < -0.3 is 15.6 Å². The molecule has 1 aromatic heterocycles. The number of aryl methyl sites for hydroxylation is 1. The predicted molar refractivity (Wildman–Crippen MR) is 79.4 cm³/mol. The van der Waals surface area contributed by atoms with E-state index in [9.17, 15) is 4.79 Å². The number of nitrogens with two attached hydrogens (primary N) is 1. The summed E-state index contributed by atoms with van der Waals surface area (Å²) >= 11 is 0. The highest BCUT2D eigenvalue weighted by Crippen LogP contribution is 2.31. The molecule has 1 fully saturated rings. The zero-order valence-electron chi connectivity index (χ0n) is 12.8. The van der Waals surface area contributed by atoms with Crippen molar-refractivity contribution < 1.29 is 4.79 Å². The quantitative estimate of drug-likeness (QED) is 0.874. The molecule has 0 radical (unpaired) electrons. The van der Waals surface area contributed by atoms with Crippen molar-refractivity contribution in [2.75, 3.05) is 0 Å². The zero-order chi connectivity index (χ0) is 14.9. The SMILES string of the molecule is CC1(N)CCCCC1C(=O)NCc1nnc2n1CCCC2. The van der Waals surface area contributed by atoms with Crippen molar-refractivity contribution in [2.45, 2.75) is 70.5 Å². The van der Waals surface area contributed by atoms with Crippen LogP contribution in [0.3, 0.4) is 0 Å². The molecule has 0 bridgehead atoms. The van der Waals surface area contributed by atoms with E-state index in [4.69, 9.17) is 5.73 Å². The third kappa shape index (κ3) is 2.95. The normalized spacial score (nSPS) is 29.0. The first kappa shape index (κ1) is 14.5. The van der Waals surface area contributed by atoms with Crippen molar-refractivity contribution in [3.05, 3.63) is 11.6 Å². The maximum absolute atomic E-state index is 12.4. The van der Waals surface area contributed by atoms with E-state index in [1.807, 2.05) is 6.92 Å². The second kappa shape index (κ2) is 5.75. The number of aromatic nitrogens is 3. The van der Waals surface area contributed by atoms with Gasteiger partial charge in [0.15, 0.2) is 5.82 Å². The largest absolute Gasteiger partial charge is 0.348 e. The molecule has 6 heteroatoms. The minimum Gasteiger partial charge on any atom is -0.348 e. The number of amides is 1. The Kier molecular flexibility index (Phi) is 3.97. The van der Waals surface area contributed by atoms with Crippen LogP contribution >= 0.6 is 0 Å². The summed E-state index contributed by atoms with van der Waals surface area (Å²) in [4.78, 5) is 12.4. The van der Waals surface area contributed by atoms with Crippen LogP contribution in [-0.2, 0) is 24.3 Å². The van der Waals surface area contributed by atoms with Crippen LogP contribution in [0, 0.1) is 5.92 Å². The molecule has 21 heavy (non-hydrogen) atoms. The summed E-state index contributed by atoms with van der Waals surface area (Å²) in [6.45, 7) is 3.42. The molecular weight excluding hydrogens is 266 g/mol. The van der Waals surface area contributed by atoms with Crippen molar-refractivity contribution in [3.8, 4) is 0 Å². The van der Waals surface area contributed by atoms with Crippen molar-refractivity contribution in [2.24, 2.45) is 11.7 Å². The highest BCUT2D eigenvalue weighted by atomic mass is 16.1. The summed E-state index contributed by atoms with van der Waals surface area (Å²) in [5.41, 5.74) is 5.91. The topological polar surface area (TPSA) is 85.8 Å². The second-order valence-electron chi connectivity index (χ2n) is 6.66. The van der Waals surface area contributed by atoms with Gasteiger partial charge in [-0.1, -0.05) is 12.8 Å². The number of hydrogen-bond acceptors (Lipinski definition) is 4. The molecule has 3 rings (SSSR count). The molecule has 0 spiro atoms. The minimum absolute atomic E-state index is 0.0628. The van der Waals surface area contributed by atoms with E-state index in [1.54, 1.807) is 0 Å². The molecule has 1 amide bonds. The van der Waals surface area contributed by atoms with E-state index < -0.39 is 0 Å². The first-order valence-electron chi connectivity index (χ1n) is 8.05. The van der Waals surface area contributed by atoms with Crippen LogP contribution in [0.25, 0.3) is 0 Å². The van der Waals surface area contributed by atoms with Crippen molar-refractivity contribution in [1.29, 1.82) is 0 Å². The van der Waals surface area contributed by atoms with E-state index in [-0.39, 0.29) is 17.4 Å². The molecule has 0 aromatic carbocycles. The third-order valence-corrected chi connectivity index (χ3v) is 4.93. The second-order valence-corrected chi connectivity index (χ2v) is 6.66. The zero-order valence-corrected chi connectivity index (χ0v) is 12.8. The van der Waals surface area contributed by atoms with Gasteiger partial charge in [-0.15, -0.1) is 10.2 Å². The Morgan fingerprint density at radius 2 is 2.24 bits per heavy atom. The van der Waals surface area contributed by atoms with Gasteiger partial charge in [-0.05, 0) is 32.6 Å². The number of fused-ring (bicyclic) bond motifs is 1. The molecule has 2 unspecified atom stereocenters. The van der Waals surface area contributed by atoms with E-state index in [2.05, 4.69) is 20.1 Å². The molecule has 2 heterocycles. The molecule has 0 saturated heterocycles. The van der Waals surface area contributed by atoms with E-state index in [0.717, 1.165) is 56.7 Å². The van der Waals surface area contributed by atoms with Gasteiger partial charge in [0.1, 0.15) is 5.82 Å². The first-order chi connectivity index (χ1) is 10.1. The fraction of sp³-hybridized carbons (Fsp3) is 0.800. The van der Waals surface area contributed by atoms with Crippen LogP contribution in [-0.4, -0.2) is 26.2 Å². The average Bonchev–Trinajstić information content (AvgIpc) is 2.87. The Labute approximate surface area is 125 Å². The summed E-state index contributed by atoms with van der Waals surface area (Å²) < 4.78 is 2.15. The number of carbonyl (C=O) groups is 1. The van der Waals surface area contributed by atoms with Gasteiger partial charge in [0.05, 0.1) is 12.5 Å². The standard InChI is InChI=1S/C15H25N5O/c1-15(16)8-4-2-6-11(15)14(21)17-10-13-19-18-12-7-3-5-9-20(12)13/h11H,2-10,16H2,1H3,(H,17,21). The first-order valence-corrected chi connectivity index (χ1v) is 8.05. The number of nitrogens with zero attached hydrogens (tertiary/aromatic N) is 3. The van der Waals surface area contributed by atoms with Crippen LogP contribution < -0.4 is 11.1 Å². The van der Waals surface area contributed by atoms with Crippen LogP contribution in [0.5, 0.6) is 0 Å². The third-order valence-electron chi connectivity index (χ3n) is 4.93. The Balaban J connectivity index is 1.62. The lowest BCUT2D eigenvalue weighted by molar-refractivity contribution is -0.128. The molecular formula is C15H25N5O. The summed E-state index contributed by atoms with van der Waals surface area (Å²) in [6, 6.07) is 0. The summed E-state index contributed by atoms with van der Waals surface area (Å²) in [5.74, 6) is 1.89. The molecule has 1 aliphatic heterocycles. The number of hydrogen-bond donors (Lipinski definition) is 2. The van der Waals surface area contributed by atoms with E-state index in [1.165, 1.54) is 6.42 Å². The highest BCUT2D eigenvalue weighted by molar-refractivity contribution is 5.80. The van der Waals surface area contributed by atoms with Crippen LogP contribution in [0.1, 0.15) is 57.1 Å². The predicted octanol–water partition coefficient (Wildman–Crippen LogP) is 1.14. The molecule has 2 atom stereocenters. The minimum atomic E-state index is -0.382. The molecule has 1 aliphatic carbocycles. The van der Waals surface area contributed by atoms with Gasteiger partial charge in [0, 0.05) is 18.5 Å². The lowest BCUT2D eigenvalue weighted by atomic mass is 9.74. The Morgan fingerprint density at radius 1 is 1.38 bits per heavy atom. The lowest BCUT2D eigenvalue weighted by Gasteiger charge is -2.37. The van der Waals surface area contributed by atoms with Crippen LogP contribution in [0.15, 0.2) is 0 Å². The van der Waals surface area contributed by atoms with Gasteiger partial charge in [-0.3, -0.25) is 4.79 Å². The number of carbonyl (C=O) groups excluding carboxylic acids is 1. The Hall–Kier alpha value is -1.43. The molecule has 1 aromatic rings. The van der Waals surface area contributed by atoms with Gasteiger partial charge in [0.2, 0.25) is 5.91 Å². The summed E-state index contributed by atoms with van der Waals surface area (Å²) in [5, 5.41) is 11.4. The van der Waals surface area contributed by atoms with E-state index >= 15 is 0 Å². The fourth-order valence-corrected chi connectivity index (χ4v) is 3.58. The molecule has 116 valence electrons. The van der Waals surface area contributed by atoms with Crippen molar-refractivity contribution in [3.63, 3.8) is 0 Å². The molecule has 2 aliphatic rings.